The van der Waals surface area contributed by atoms with Crippen molar-refractivity contribution < 1.29 is 37.2 Å². The molecule has 1 rings (SSSR count). The summed E-state index contributed by atoms with van der Waals surface area (Å²) >= 11 is 0. The third-order valence-electron chi connectivity index (χ3n) is 5.21. The van der Waals surface area contributed by atoms with Gasteiger partial charge in [0.2, 0.25) is 0 Å². The lowest BCUT2D eigenvalue weighted by Gasteiger charge is -2.21. The lowest BCUT2D eigenvalue weighted by atomic mass is 10.1. The molecule has 0 aliphatic heterocycles. The number of benzene rings is 1. The summed E-state index contributed by atoms with van der Waals surface area (Å²) < 4.78 is 40.6. The van der Waals surface area contributed by atoms with Gasteiger partial charge in [-0.05, 0) is 70.4 Å². The van der Waals surface area contributed by atoms with E-state index in [2.05, 4.69) is 13.2 Å². The van der Waals surface area contributed by atoms with Gasteiger partial charge < -0.3 is 14.0 Å². The Bertz CT molecular complexity index is 833. The van der Waals surface area contributed by atoms with E-state index >= 15 is 0 Å². The summed E-state index contributed by atoms with van der Waals surface area (Å²) in [7, 11) is -3.83. The molecule has 0 saturated heterocycles. The van der Waals surface area contributed by atoms with Crippen LogP contribution in [0.5, 0.6) is 5.75 Å². The average molecular weight is 525 g/mol. The molecule has 0 unspecified atom stereocenters. The average Bonchev–Trinajstić information content (AvgIpc) is 2.84. The molecule has 0 bridgehead atoms. The van der Waals surface area contributed by atoms with Gasteiger partial charge in [-0.2, -0.15) is 0 Å². The zero-order valence-corrected chi connectivity index (χ0v) is 22.8. The number of aryl methyl sites for hydroxylation is 3. The zero-order valence-electron chi connectivity index (χ0n) is 21.9. The van der Waals surface area contributed by atoms with Gasteiger partial charge in [0.25, 0.3) is 0 Å². The third-order valence-corrected chi connectivity index (χ3v) is 6.61. The summed E-state index contributed by atoms with van der Waals surface area (Å²) in [5, 5.41) is 0. The maximum atomic E-state index is 13.5. The first kappa shape index (κ1) is 31.6. The third kappa shape index (κ3) is 13.6. The predicted molar refractivity (Wildman–Crippen MR) is 140 cm³/mol. The first-order valence-electron chi connectivity index (χ1n) is 12.5. The molecule has 0 fully saturated rings. The van der Waals surface area contributed by atoms with Gasteiger partial charge in [-0.25, -0.2) is 14.2 Å². The molecule has 0 heterocycles. The molecular weight excluding hydrogens is 483 g/mol. The highest BCUT2D eigenvalue weighted by molar-refractivity contribution is 7.48. The summed E-state index contributed by atoms with van der Waals surface area (Å²) in [5.41, 5.74) is 2.82. The Morgan fingerprint density at radius 3 is 1.50 bits per heavy atom. The lowest BCUT2D eigenvalue weighted by Crippen LogP contribution is -2.07. The fraction of sp³-hybridized carbons (Fsp3) is 0.556. The van der Waals surface area contributed by atoms with E-state index in [0.29, 0.717) is 31.8 Å². The van der Waals surface area contributed by atoms with Crippen LogP contribution in [0.15, 0.2) is 37.4 Å². The van der Waals surface area contributed by atoms with E-state index in [9.17, 15) is 14.2 Å². The van der Waals surface area contributed by atoms with Crippen molar-refractivity contribution in [1.29, 1.82) is 0 Å². The smallest absolute Gasteiger partial charge is 0.463 e. The molecule has 0 saturated carbocycles. The molecule has 0 aliphatic carbocycles. The van der Waals surface area contributed by atoms with Gasteiger partial charge in [0, 0.05) is 12.2 Å². The number of esters is 2. The number of carbonyl (C=O) groups excluding carboxylic acids is 2. The van der Waals surface area contributed by atoms with E-state index in [1.807, 2.05) is 32.9 Å². The molecule has 0 amide bonds. The van der Waals surface area contributed by atoms with Crippen molar-refractivity contribution in [3.8, 4) is 5.75 Å². The highest BCUT2D eigenvalue weighted by Gasteiger charge is 2.30. The Labute approximate surface area is 215 Å². The molecule has 202 valence electrons. The Morgan fingerprint density at radius 2 is 1.11 bits per heavy atom. The lowest BCUT2D eigenvalue weighted by molar-refractivity contribution is -0.138. The minimum Gasteiger partial charge on any atom is -0.463 e. The summed E-state index contributed by atoms with van der Waals surface area (Å²) in [6.07, 6.45) is 8.43. The molecule has 9 heteroatoms. The van der Waals surface area contributed by atoms with Crippen LogP contribution in [-0.2, 0) is 32.7 Å². The molecular formula is C27H41O8P. The molecule has 0 spiro atoms. The predicted octanol–water partition coefficient (Wildman–Crippen LogP) is 6.71. The first-order valence-corrected chi connectivity index (χ1v) is 13.9. The van der Waals surface area contributed by atoms with Crippen molar-refractivity contribution in [1.82, 2.24) is 0 Å². The second-order valence-corrected chi connectivity index (χ2v) is 10.1. The normalized spacial score (nSPS) is 11.1. The summed E-state index contributed by atoms with van der Waals surface area (Å²) in [5.74, 6) is -0.338. The molecule has 36 heavy (non-hydrogen) atoms. The molecule has 1 aromatic carbocycles. The van der Waals surface area contributed by atoms with Crippen LogP contribution in [0.3, 0.4) is 0 Å². The minimum absolute atomic E-state index is 0.225. The molecule has 8 nitrogen and oxygen atoms in total. The van der Waals surface area contributed by atoms with E-state index in [0.717, 1.165) is 67.4 Å². The Morgan fingerprint density at radius 1 is 0.722 bits per heavy atom. The van der Waals surface area contributed by atoms with Gasteiger partial charge in [0.05, 0.1) is 26.4 Å². The number of hydrogen-bond acceptors (Lipinski definition) is 8. The van der Waals surface area contributed by atoms with Crippen molar-refractivity contribution in [2.45, 2.75) is 72.1 Å². The van der Waals surface area contributed by atoms with Crippen LogP contribution in [0.4, 0.5) is 0 Å². The number of hydrogen-bond donors (Lipinski definition) is 0. The number of rotatable bonds is 20. The van der Waals surface area contributed by atoms with Crippen molar-refractivity contribution in [2.24, 2.45) is 0 Å². The van der Waals surface area contributed by atoms with Crippen molar-refractivity contribution >= 4 is 19.8 Å². The van der Waals surface area contributed by atoms with Crippen LogP contribution in [0, 0.1) is 20.8 Å². The number of carbonyl (C=O) groups is 2. The highest BCUT2D eigenvalue weighted by Crippen LogP contribution is 2.51. The fourth-order valence-corrected chi connectivity index (χ4v) is 4.84. The van der Waals surface area contributed by atoms with E-state index in [1.165, 1.54) is 0 Å². The van der Waals surface area contributed by atoms with Gasteiger partial charge in [0.15, 0.2) is 0 Å². The van der Waals surface area contributed by atoms with Crippen LogP contribution in [-0.4, -0.2) is 38.4 Å². The van der Waals surface area contributed by atoms with E-state index in [-0.39, 0.29) is 13.2 Å². The Kier molecular flexibility index (Phi) is 15.7. The van der Waals surface area contributed by atoms with Crippen molar-refractivity contribution in [2.75, 3.05) is 26.4 Å². The molecule has 0 aliphatic rings. The van der Waals surface area contributed by atoms with Gasteiger partial charge in [-0.15, -0.1) is 0 Å². The first-order chi connectivity index (χ1) is 17.2. The fourth-order valence-electron chi connectivity index (χ4n) is 3.44. The molecule has 0 radical (unpaired) electrons. The summed E-state index contributed by atoms with van der Waals surface area (Å²) in [6, 6.07) is 3.93. The van der Waals surface area contributed by atoms with Crippen LogP contribution < -0.4 is 4.52 Å². The summed E-state index contributed by atoms with van der Waals surface area (Å²) in [6.45, 7) is 13.7. The van der Waals surface area contributed by atoms with Gasteiger partial charge in [-0.3, -0.25) is 9.05 Å². The topological polar surface area (TPSA) is 97.4 Å². The molecule has 0 N–H and O–H groups in total. The number of ether oxygens (including phenoxy) is 2. The van der Waals surface area contributed by atoms with Crippen LogP contribution in [0.2, 0.25) is 0 Å². The van der Waals surface area contributed by atoms with Crippen LogP contribution >= 0.6 is 7.82 Å². The molecule has 0 atom stereocenters. The van der Waals surface area contributed by atoms with Gasteiger partial charge >= 0.3 is 19.8 Å². The second kappa shape index (κ2) is 17.9. The SMILES string of the molecule is C=CC(=O)OCCCCCCOP(=O)(OCCCCCCOC(=O)C=C)Oc1c(C)cc(C)cc1C. The van der Waals surface area contributed by atoms with Crippen LogP contribution in [0.25, 0.3) is 0 Å². The highest BCUT2D eigenvalue weighted by atomic mass is 31.2. The van der Waals surface area contributed by atoms with Gasteiger partial charge in [0.1, 0.15) is 5.75 Å². The number of phosphoric ester groups is 1. The quantitative estimate of drug-likeness (QED) is 0.0803. The van der Waals surface area contributed by atoms with E-state index < -0.39 is 19.8 Å². The number of phosphoric acid groups is 1. The minimum atomic E-state index is -3.83. The molecule has 0 aromatic heterocycles. The Balaban J connectivity index is 2.52. The van der Waals surface area contributed by atoms with E-state index in [4.69, 9.17) is 23.0 Å². The van der Waals surface area contributed by atoms with Crippen molar-refractivity contribution in [3.63, 3.8) is 0 Å². The summed E-state index contributed by atoms with van der Waals surface area (Å²) in [4.78, 5) is 22.1. The van der Waals surface area contributed by atoms with Crippen molar-refractivity contribution in [3.05, 3.63) is 54.1 Å². The number of unbranched alkanes of at least 4 members (excludes halogenated alkanes) is 6. The van der Waals surface area contributed by atoms with Gasteiger partial charge in [-0.1, -0.05) is 43.7 Å². The largest absolute Gasteiger partial charge is 0.530 e. The Hall–Kier alpha value is -2.41. The molecule has 1 aromatic rings. The van der Waals surface area contributed by atoms with Crippen LogP contribution in [0.1, 0.15) is 68.1 Å². The second-order valence-electron chi connectivity index (χ2n) is 8.50. The monoisotopic (exact) mass is 524 g/mol. The maximum Gasteiger partial charge on any atom is 0.530 e. The zero-order chi connectivity index (χ0) is 26.8. The van der Waals surface area contributed by atoms with E-state index in [1.54, 1.807) is 0 Å². The standard InChI is InChI=1S/C27H41O8P/c1-6-25(28)31-16-12-8-10-14-18-33-36(30,35-27-23(4)20-22(3)21-24(27)5)34-19-15-11-9-13-17-32-26(29)7-2/h6-7,20-21H,1-2,8-19H2,3-5H3. The maximum absolute atomic E-state index is 13.5.